The van der Waals surface area contributed by atoms with Gasteiger partial charge in [0.2, 0.25) is 0 Å². The zero-order valence-corrected chi connectivity index (χ0v) is 11.2. The van der Waals surface area contributed by atoms with Gasteiger partial charge in [0, 0.05) is 12.7 Å². The smallest absolute Gasteiger partial charge is 0.251 e. The molecule has 0 fully saturated rings. The fraction of sp³-hybridized carbons (Fsp3) is 0.500. The molecule has 0 heterocycles. The van der Waals surface area contributed by atoms with E-state index in [-0.39, 0.29) is 12.5 Å². The van der Waals surface area contributed by atoms with Gasteiger partial charge in [-0.05, 0) is 31.0 Å². The van der Waals surface area contributed by atoms with E-state index in [0.717, 1.165) is 5.56 Å². The van der Waals surface area contributed by atoms with Crippen LogP contribution in [0.2, 0.25) is 0 Å². The molecule has 0 saturated carbocycles. The number of benzene rings is 1. The maximum absolute atomic E-state index is 12.0. The summed E-state index contributed by atoms with van der Waals surface area (Å²) in [5.74, 6) is -0.169. The van der Waals surface area contributed by atoms with Crippen molar-refractivity contribution in [3.63, 3.8) is 0 Å². The summed E-state index contributed by atoms with van der Waals surface area (Å²) in [5, 5.41) is 12.1. The van der Waals surface area contributed by atoms with Crippen molar-refractivity contribution in [1.82, 2.24) is 5.32 Å². The Kier molecular flexibility index (Phi) is 5.31. The monoisotopic (exact) mass is 251 g/mol. The van der Waals surface area contributed by atoms with Gasteiger partial charge in [0.15, 0.2) is 0 Å². The SMILES string of the molecule is CCC(C)(CO)NC(=O)c1ccc(COC)cc1. The molecule has 0 aromatic heterocycles. The standard InChI is InChI=1S/C14H21NO3/c1-4-14(2,10-16)15-13(17)12-7-5-11(6-8-12)9-18-3/h5-8,16H,4,9-10H2,1-3H3,(H,15,17). The van der Waals surface area contributed by atoms with E-state index in [0.29, 0.717) is 18.6 Å². The Morgan fingerprint density at radius 3 is 2.44 bits per heavy atom. The third-order valence-electron chi connectivity index (χ3n) is 3.07. The normalized spacial score (nSPS) is 14.0. The summed E-state index contributed by atoms with van der Waals surface area (Å²) >= 11 is 0. The Morgan fingerprint density at radius 2 is 2.00 bits per heavy atom. The van der Waals surface area contributed by atoms with Gasteiger partial charge in [-0.1, -0.05) is 19.1 Å². The first-order valence-electron chi connectivity index (χ1n) is 6.06. The molecule has 1 atom stereocenters. The Morgan fingerprint density at radius 1 is 1.39 bits per heavy atom. The van der Waals surface area contributed by atoms with Crippen LogP contribution >= 0.6 is 0 Å². The van der Waals surface area contributed by atoms with E-state index in [2.05, 4.69) is 5.32 Å². The number of rotatable bonds is 6. The molecule has 0 spiro atoms. The first-order chi connectivity index (χ1) is 8.54. The van der Waals surface area contributed by atoms with Gasteiger partial charge in [-0.3, -0.25) is 4.79 Å². The quantitative estimate of drug-likeness (QED) is 0.809. The Hall–Kier alpha value is -1.39. The number of amides is 1. The fourth-order valence-electron chi connectivity index (χ4n) is 1.50. The van der Waals surface area contributed by atoms with Crippen molar-refractivity contribution in [3.8, 4) is 0 Å². The first-order valence-corrected chi connectivity index (χ1v) is 6.06. The van der Waals surface area contributed by atoms with Gasteiger partial charge in [0.1, 0.15) is 0 Å². The average Bonchev–Trinajstić information content (AvgIpc) is 2.39. The highest BCUT2D eigenvalue weighted by atomic mass is 16.5. The minimum Gasteiger partial charge on any atom is -0.394 e. The maximum Gasteiger partial charge on any atom is 0.251 e. The minimum atomic E-state index is -0.567. The number of aliphatic hydroxyl groups excluding tert-OH is 1. The molecule has 1 rings (SSSR count). The molecule has 0 aliphatic rings. The molecule has 4 heteroatoms. The van der Waals surface area contributed by atoms with Crippen molar-refractivity contribution in [2.75, 3.05) is 13.7 Å². The van der Waals surface area contributed by atoms with Gasteiger partial charge < -0.3 is 15.2 Å². The van der Waals surface area contributed by atoms with Gasteiger partial charge in [-0.15, -0.1) is 0 Å². The highest BCUT2D eigenvalue weighted by Crippen LogP contribution is 2.11. The summed E-state index contributed by atoms with van der Waals surface area (Å²) in [4.78, 5) is 12.0. The Bertz CT molecular complexity index is 383. The molecule has 100 valence electrons. The van der Waals surface area contributed by atoms with E-state index in [1.54, 1.807) is 19.2 Å². The van der Waals surface area contributed by atoms with Crippen molar-refractivity contribution in [1.29, 1.82) is 0 Å². The number of methoxy groups -OCH3 is 1. The van der Waals surface area contributed by atoms with Gasteiger partial charge >= 0.3 is 0 Å². The lowest BCUT2D eigenvalue weighted by Gasteiger charge is -2.27. The van der Waals surface area contributed by atoms with E-state index in [1.807, 2.05) is 26.0 Å². The number of ether oxygens (including phenoxy) is 1. The number of hydrogen-bond acceptors (Lipinski definition) is 3. The second-order valence-electron chi connectivity index (χ2n) is 4.66. The molecule has 1 amide bonds. The first kappa shape index (κ1) is 14.7. The van der Waals surface area contributed by atoms with Crippen LogP contribution in [0.3, 0.4) is 0 Å². The van der Waals surface area contributed by atoms with Crippen LogP contribution in [0.5, 0.6) is 0 Å². The van der Waals surface area contributed by atoms with Crippen molar-refractivity contribution >= 4 is 5.91 Å². The molecule has 0 radical (unpaired) electrons. The van der Waals surface area contributed by atoms with Crippen molar-refractivity contribution in [2.24, 2.45) is 0 Å². The molecule has 2 N–H and O–H groups in total. The maximum atomic E-state index is 12.0. The number of carbonyl (C=O) groups excluding carboxylic acids is 1. The van der Waals surface area contributed by atoms with Crippen molar-refractivity contribution in [3.05, 3.63) is 35.4 Å². The lowest BCUT2D eigenvalue weighted by molar-refractivity contribution is 0.0847. The summed E-state index contributed by atoms with van der Waals surface area (Å²) in [5.41, 5.74) is 1.04. The largest absolute Gasteiger partial charge is 0.394 e. The predicted molar refractivity (Wildman–Crippen MR) is 70.4 cm³/mol. The average molecular weight is 251 g/mol. The molecule has 1 aromatic rings. The Balaban J connectivity index is 2.72. The van der Waals surface area contributed by atoms with E-state index < -0.39 is 5.54 Å². The van der Waals surface area contributed by atoms with E-state index in [1.165, 1.54) is 0 Å². The van der Waals surface area contributed by atoms with Gasteiger partial charge in [0.25, 0.3) is 5.91 Å². The van der Waals surface area contributed by atoms with Crippen LogP contribution in [-0.4, -0.2) is 30.3 Å². The molecule has 0 bridgehead atoms. The molecule has 0 saturated heterocycles. The van der Waals surface area contributed by atoms with E-state index in [9.17, 15) is 9.90 Å². The topological polar surface area (TPSA) is 58.6 Å². The summed E-state index contributed by atoms with van der Waals surface area (Å²) in [7, 11) is 1.63. The van der Waals surface area contributed by atoms with Gasteiger partial charge in [0.05, 0.1) is 18.8 Å². The molecular weight excluding hydrogens is 230 g/mol. The third-order valence-corrected chi connectivity index (χ3v) is 3.07. The summed E-state index contributed by atoms with van der Waals surface area (Å²) in [6.07, 6.45) is 0.678. The highest BCUT2D eigenvalue weighted by Gasteiger charge is 2.23. The molecule has 4 nitrogen and oxygen atoms in total. The summed E-state index contributed by atoms with van der Waals surface area (Å²) in [6.45, 7) is 4.21. The fourth-order valence-corrected chi connectivity index (χ4v) is 1.50. The molecule has 1 unspecified atom stereocenters. The lowest BCUT2D eigenvalue weighted by atomic mass is 9.99. The van der Waals surface area contributed by atoms with Crippen LogP contribution in [0, 0.1) is 0 Å². The van der Waals surface area contributed by atoms with E-state index in [4.69, 9.17) is 4.74 Å². The molecule has 0 aliphatic carbocycles. The zero-order valence-electron chi connectivity index (χ0n) is 11.2. The van der Waals surface area contributed by atoms with Crippen molar-refractivity contribution in [2.45, 2.75) is 32.4 Å². The minimum absolute atomic E-state index is 0.0724. The molecule has 18 heavy (non-hydrogen) atoms. The van der Waals surface area contributed by atoms with Gasteiger partial charge in [-0.2, -0.15) is 0 Å². The molecule has 0 aliphatic heterocycles. The predicted octanol–water partition coefficient (Wildman–Crippen LogP) is 1.72. The summed E-state index contributed by atoms with van der Waals surface area (Å²) in [6, 6.07) is 7.25. The van der Waals surface area contributed by atoms with Gasteiger partial charge in [-0.25, -0.2) is 0 Å². The Labute approximate surface area is 108 Å². The second-order valence-corrected chi connectivity index (χ2v) is 4.66. The second kappa shape index (κ2) is 6.52. The number of aliphatic hydroxyl groups is 1. The van der Waals surface area contributed by atoms with Crippen molar-refractivity contribution < 1.29 is 14.6 Å². The zero-order chi connectivity index (χ0) is 13.6. The molecule has 1 aromatic carbocycles. The third kappa shape index (κ3) is 3.82. The highest BCUT2D eigenvalue weighted by molar-refractivity contribution is 5.94. The van der Waals surface area contributed by atoms with Crippen LogP contribution in [0.1, 0.15) is 36.2 Å². The lowest BCUT2D eigenvalue weighted by Crippen LogP contribution is -2.48. The summed E-state index contributed by atoms with van der Waals surface area (Å²) < 4.78 is 5.01. The number of carbonyl (C=O) groups is 1. The van der Waals surface area contributed by atoms with Crippen LogP contribution in [0.15, 0.2) is 24.3 Å². The van der Waals surface area contributed by atoms with Crippen LogP contribution < -0.4 is 5.32 Å². The van der Waals surface area contributed by atoms with Crippen LogP contribution in [0.25, 0.3) is 0 Å². The van der Waals surface area contributed by atoms with E-state index >= 15 is 0 Å². The van der Waals surface area contributed by atoms with Crippen LogP contribution in [0.4, 0.5) is 0 Å². The molecular formula is C14H21NO3. The number of hydrogen-bond donors (Lipinski definition) is 2. The van der Waals surface area contributed by atoms with Crippen LogP contribution in [-0.2, 0) is 11.3 Å². The number of nitrogens with one attached hydrogen (secondary N) is 1.